The molecule has 5 unspecified atom stereocenters. The molecule has 2 amide bonds. The van der Waals surface area contributed by atoms with E-state index in [1.165, 1.54) is 6.07 Å². The highest BCUT2D eigenvalue weighted by Crippen LogP contribution is 2.40. The lowest BCUT2D eigenvalue weighted by atomic mass is 9.74. The second-order valence-corrected chi connectivity index (χ2v) is 10.1. The number of carbonyl (C=O) groups is 2. The first-order valence-electron chi connectivity index (χ1n) is 12.6. The van der Waals surface area contributed by atoms with Crippen molar-refractivity contribution < 1.29 is 18.4 Å². The fourth-order valence-electron chi connectivity index (χ4n) is 6.15. The molecule has 0 spiro atoms. The van der Waals surface area contributed by atoms with Crippen LogP contribution in [-0.2, 0) is 9.59 Å². The second-order valence-electron chi connectivity index (χ2n) is 10.1. The van der Waals surface area contributed by atoms with Crippen LogP contribution in [-0.4, -0.2) is 46.9 Å². The monoisotopic (exact) mass is 498 g/mol. The maximum absolute atomic E-state index is 14.5. The lowest BCUT2D eigenvalue weighted by Crippen LogP contribution is -2.52. The first kappa shape index (κ1) is 24.7. The van der Waals surface area contributed by atoms with Gasteiger partial charge in [-0.3, -0.25) is 24.9 Å². The zero-order valence-corrected chi connectivity index (χ0v) is 20.0. The van der Waals surface area contributed by atoms with Gasteiger partial charge in [-0.25, -0.2) is 14.2 Å². The third kappa shape index (κ3) is 4.98. The minimum absolute atomic E-state index is 0.00613. The number of piperidine rings is 1. The van der Waals surface area contributed by atoms with Crippen LogP contribution < -0.4 is 21.9 Å². The molecule has 5 rings (SSSR count). The molecule has 3 fully saturated rings. The van der Waals surface area contributed by atoms with Crippen LogP contribution in [0.5, 0.6) is 0 Å². The Kier molecular flexibility index (Phi) is 7.27. The third-order valence-corrected chi connectivity index (χ3v) is 7.90. The smallest absolute Gasteiger partial charge is 0.239 e. The highest BCUT2D eigenvalue weighted by Gasteiger charge is 2.43. The third-order valence-electron chi connectivity index (χ3n) is 7.90. The van der Waals surface area contributed by atoms with Crippen LogP contribution in [0, 0.1) is 23.5 Å². The highest BCUT2D eigenvalue weighted by molar-refractivity contribution is 5.82. The van der Waals surface area contributed by atoms with Crippen LogP contribution in [0.1, 0.15) is 55.3 Å². The molecule has 36 heavy (non-hydrogen) atoms. The van der Waals surface area contributed by atoms with Crippen molar-refractivity contribution in [3.8, 4) is 0 Å². The summed E-state index contributed by atoms with van der Waals surface area (Å²) in [7, 11) is 0. The molecular weight excluding hydrogens is 466 g/mol. The van der Waals surface area contributed by atoms with E-state index < -0.39 is 23.6 Å². The van der Waals surface area contributed by atoms with Gasteiger partial charge >= 0.3 is 0 Å². The maximum Gasteiger partial charge on any atom is 0.239 e. The van der Waals surface area contributed by atoms with Gasteiger partial charge in [-0.2, -0.15) is 0 Å². The first-order chi connectivity index (χ1) is 17.4. The average Bonchev–Trinajstić information content (AvgIpc) is 3.30. The zero-order chi connectivity index (χ0) is 25.2. The Balaban J connectivity index is 1.24. The predicted octanol–water partition coefficient (Wildman–Crippen LogP) is 2.10. The van der Waals surface area contributed by atoms with E-state index in [-0.39, 0.29) is 35.4 Å². The molecule has 6 atom stereocenters. The number of rotatable bonds is 6. The molecule has 0 bridgehead atoms. The van der Waals surface area contributed by atoms with Gasteiger partial charge in [0.15, 0.2) is 0 Å². The van der Waals surface area contributed by atoms with E-state index >= 15 is 0 Å². The number of hydrazine groups is 1. The number of likely N-dealkylation sites (tertiary alicyclic amines) is 1. The van der Waals surface area contributed by atoms with Gasteiger partial charge in [0.2, 0.25) is 11.8 Å². The maximum atomic E-state index is 14.5. The molecule has 2 aromatic rings. The number of halogens is 2. The highest BCUT2D eigenvalue weighted by atomic mass is 19.1. The van der Waals surface area contributed by atoms with Gasteiger partial charge in [0.1, 0.15) is 17.7 Å². The van der Waals surface area contributed by atoms with Gasteiger partial charge in [-0.05, 0) is 74.4 Å². The molecule has 1 saturated carbocycles. The van der Waals surface area contributed by atoms with Gasteiger partial charge in [0, 0.05) is 36.9 Å². The molecule has 1 aromatic heterocycles. The molecule has 10 heteroatoms. The van der Waals surface area contributed by atoms with Gasteiger partial charge < -0.3 is 11.1 Å². The van der Waals surface area contributed by atoms with Crippen molar-refractivity contribution in [2.75, 3.05) is 13.1 Å². The number of nitrogens with one attached hydrogen (secondary N) is 3. The fraction of sp³-hybridized carbons (Fsp3) is 0.500. The molecule has 0 radical (unpaired) electrons. The lowest BCUT2D eigenvalue weighted by molar-refractivity contribution is -0.128. The van der Waals surface area contributed by atoms with Crippen LogP contribution in [0.2, 0.25) is 0 Å². The molecule has 2 saturated heterocycles. The van der Waals surface area contributed by atoms with Crippen molar-refractivity contribution in [2.45, 2.75) is 56.3 Å². The molecule has 2 aliphatic heterocycles. The van der Waals surface area contributed by atoms with Crippen molar-refractivity contribution in [1.29, 1.82) is 0 Å². The quantitative estimate of drug-likeness (QED) is 0.485. The van der Waals surface area contributed by atoms with Crippen molar-refractivity contribution in [2.24, 2.45) is 17.6 Å². The number of nitrogens with two attached hydrogens (primary N) is 1. The molecule has 3 aliphatic rings. The lowest BCUT2D eigenvalue weighted by Gasteiger charge is -2.38. The Hall–Kier alpha value is -2.95. The molecule has 5 N–H and O–H groups in total. The summed E-state index contributed by atoms with van der Waals surface area (Å²) in [5.74, 6) is -2.26. The summed E-state index contributed by atoms with van der Waals surface area (Å²) in [5, 5.41) is 3.16. The number of fused-ring (bicyclic) bond motifs is 1. The molecule has 8 nitrogen and oxygen atoms in total. The van der Waals surface area contributed by atoms with Gasteiger partial charge in [-0.15, -0.1) is 0 Å². The Morgan fingerprint density at radius 1 is 1.08 bits per heavy atom. The number of aromatic nitrogens is 1. The Morgan fingerprint density at radius 3 is 2.56 bits per heavy atom. The number of primary amides is 1. The number of amides is 2. The number of benzene rings is 1. The summed E-state index contributed by atoms with van der Waals surface area (Å²) in [6.45, 7) is 0.764. The van der Waals surface area contributed by atoms with Crippen molar-refractivity contribution in [1.82, 2.24) is 26.1 Å². The number of hydrogen-bond acceptors (Lipinski definition) is 6. The molecular formula is C26H32F2N6O2. The van der Waals surface area contributed by atoms with E-state index in [0.717, 1.165) is 43.4 Å². The van der Waals surface area contributed by atoms with Crippen LogP contribution in [0.3, 0.4) is 0 Å². The predicted molar refractivity (Wildman–Crippen MR) is 129 cm³/mol. The summed E-state index contributed by atoms with van der Waals surface area (Å²) >= 11 is 0. The van der Waals surface area contributed by atoms with Gasteiger partial charge in [0.05, 0.1) is 11.6 Å². The molecule has 3 heterocycles. The summed E-state index contributed by atoms with van der Waals surface area (Å²) in [6.07, 6.45) is 7.39. The molecule has 1 aromatic carbocycles. The van der Waals surface area contributed by atoms with E-state index in [1.807, 2.05) is 12.1 Å². The van der Waals surface area contributed by atoms with Crippen molar-refractivity contribution >= 4 is 11.8 Å². The number of pyridine rings is 1. The largest absolute Gasteiger partial charge is 0.368 e. The summed E-state index contributed by atoms with van der Waals surface area (Å²) in [5.41, 5.74) is 13.2. The Bertz CT molecular complexity index is 1080. The Labute approximate surface area is 209 Å². The van der Waals surface area contributed by atoms with E-state index in [9.17, 15) is 18.4 Å². The summed E-state index contributed by atoms with van der Waals surface area (Å²) < 4.78 is 28.9. The van der Waals surface area contributed by atoms with Gasteiger partial charge in [0.25, 0.3) is 0 Å². The van der Waals surface area contributed by atoms with E-state index in [4.69, 9.17) is 5.73 Å². The molecule has 1 aliphatic carbocycles. The summed E-state index contributed by atoms with van der Waals surface area (Å²) in [4.78, 5) is 31.4. The Morgan fingerprint density at radius 2 is 1.83 bits per heavy atom. The number of carbonyl (C=O) groups excluding carboxylic acids is 2. The average molecular weight is 499 g/mol. The summed E-state index contributed by atoms with van der Waals surface area (Å²) in [6, 6.07) is 6.48. The normalized spacial score (nSPS) is 29.3. The van der Waals surface area contributed by atoms with Crippen LogP contribution in [0.4, 0.5) is 8.78 Å². The SMILES string of the molecule is NC(=O)C(c1c(F)cccc1F)N1CCC[C@@H](NC(=O)C2CCC3NNC(c4ccncc4)C3C2)C1. The van der Waals surface area contributed by atoms with Crippen molar-refractivity contribution in [3.05, 3.63) is 65.5 Å². The van der Waals surface area contributed by atoms with E-state index in [2.05, 4.69) is 21.2 Å². The van der Waals surface area contributed by atoms with Crippen molar-refractivity contribution in [3.63, 3.8) is 0 Å². The zero-order valence-electron chi connectivity index (χ0n) is 20.0. The van der Waals surface area contributed by atoms with E-state index in [0.29, 0.717) is 25.6 Å². The van der Waals surface area contributed by atoms with Crippen LogP contribution in [0.25, 0.3) is 0 Å². The minimum atomic E-state index is -1.22. The second kappa shape index (κ2) is 10.6. The number of hydrogen-bond donors (Lipinski definition) is 4. The fourth-order valence-corrected chi connectivity index (χ4v) is 6.15. The van der Waals surface area contributed by atoms with Crippen LogP contribution in [0.15, 0.2) is 42.7 Å². The minimum Gasteiger partial charge on any atom is -0.368 e. The van der Waals surface area contributed by atoms with Gasteiger partial charge in [-0.1, -0.05) is 6.07 Å². The topological polar surface area (TPSA) is 112 Å². The molecule has 192 valence electrons. The standard InChI is InChI=1S/C26H32F2N6O2/c27-19-4-1-5-20(28)22(19)24(25(29)35)34-12-2-3-17(14-34)31-26(36)16-6-7-21-18(13-16)23(33-32-21)15-8-10-30-11-9-15/h1,4-5,8-11,16-18,21,23-24,32-33H,2-3,6-7,12-14H2,(H2,29,35)(H,31,36)/t16?,17-,18?,21?,23?,24?/m1/s1. The number of nitrogens with zero attached hydrogens (tertiary/aromatic N) is 2. The van der Waals surface area contributed by atoms with E-state index in [1.54, 1.807) is 17.3 Å². The first-order valence-corrected chi connectivity index (χ1v) is 12.6. The van der Waals surface area contributed by atoms with Crippen LogP contribution >= 0.6 is 0 Å².